The molecule has 0 amide bonds. The van der Waals surface area contributed by atoms with Gasteiger partial charge in [-0.15, -0.1) is 0 Å². The van der Waals surface area contributed by atoms with E-state index in [2.05, 4.69) is 4.98 Å². The standard InChI is InChI=1S/C12H10Cl2N2O/c1-7-6-16-12(5-10(7)15)17-11-4-8(13)2-3-9(11)14/h2-6H,1H3,(H2,15,16). The van der Waals surface area contributed by atoms with E-state index in [-0.39, 0.29) is 0 Å². The van der Waals surface area contributed by atoms with E-state index in [1.807, 2.05) is 6.92 Å². The Hall–Kier alpha value is -1.45. The van der Waals surface area contributed by atoms with E-state index in [0.717, 1.165) is 5.56 Å². The molecule has 17 heavy (non-hydrogen) atoms. The predicted molar refractivity (Wildman–Crippen MR) is 69.9 cm³/mol. The molecule has 0 aliphatic carbocycles. The molecule has 5 heteroatoms. The first-order chi connectivity index (χ1) is 8.06. The van der Waals surface area contributed by atoms with E-state index < -0.39 is 0 Å². The largest absolute Gasteiger partial charge is 0.437 e. The fourth-order valence-electron chi connectivity index (χ4n) is 1.24. The zero-order chi connectivity index (χ0) is 12.4. The summed E-state index contributed by atoms with van der Waals surface area (Å²) in [4.78, 5) is 4.10. The summed E-state index contributed by atoms with van der Waals surface area (Å²) in [7, 11) is 0. The van der Waals surface area contributed by atoms with Crippen molar-refractivity contribution in [1.82, 2.24) is 4.98 Å². The molecule has 0 aliphatic rings. The number of ether oxygens (including phenoxy) is 1. The van der Waals surface area contributed by atoms with Gasteiger partial charge >= 0.3 is 0 Å². The van der Waals surface area contributed by atoms with Crippen LogP contribution in [0.4, 0.5) is 5.69 Å². The highest BCUT2D eigenvalue weighted by atomic mass is 35.5. The minimum absolute atomic E-state index is 0.386. The molecule has 2 aromatic rings. The lowest BCUT2D eigenvalue weighted by Gasteiger charge is -2.08. The molecule has 0 bridgehead atoms. The number of aryl methyl sites for hydroxylation is 1. The average molecular weight is 269 g/mol. The molecule has 2 rings (SSSR count). The second-order valence-electron chi connectivity index (χ2n) is 3.56. The molecule has 0 atom stereocenters. The van der Waals surface area contributed by atoms with Crippen LogP contribution in [0.15, 0.2) is 30.5 Å². The number of nitrogen functional groups attached to an aromatic ring is 1. The molecule has 0 fully saturated rings. The smallest absolute Gasteiger partial charge is 0.221 e. The van der Waals surface area contributed by atoms with Gasteiger partial charge < -0.3 is 10.5 Å². The van der Waals surface area contributed by atoms with Crippen molar-refractivity contribution in [3.8, 4) is 11.6 Å². The van der Waals surface area contributed by atoms with Crippen LogP contribution >= 0.6 is 23.2 Å². The molecule has 88 valence electrons. The Morgan fingerprint density at radius 3 is 2.71 bits per heavy atom. The molecule has 1 aromatic heterocycles. The van der Waals surface area contributed by atoms with Gasteiger partial charge in [0.05, 0.1) is 5.02 Å². The summed E-state index contributed by atoms with van der Waals surface area (Å²) in [5.74, 6) is 0.840. The molecule has 1 heterocycles. The van der Waals surface area contributed by atoms with Crippen molar-refractivity contribution >= 4 is 28.9 Å². The minimum Gasteiger partial charge on any atom is -0.437 e. The monoisotopic (exact) mass is 268 g/mol. The number of anilines is 1. The van der Waals surface area contributed by atoms with Crippen LogP contribution in [0.1, 0.15) is 5.56 Å². The highest BCUT2D eigenvalue weighted by Gasteiger charge is 2.06. The van der Waals surface area contributed by atoms with Crippen molar-refractivity contribution in [2.45, 2.75) is 6.92 Å². The minimum atomic E-state index is 0.386. The number of aromatic nitrogens is 1. The van der Waals surface area contributed by atoms with Gasteiger partial charge in [0.25, 0.3) is 0 Å². The SMILES string of the molecule is Cc1cnc(Oc2cc(Cl)ccc2Cl)cc1N. The van der Waals surface area contributed by atoms with Gasteiger partial charge in [0, 0.05) is 29.0 Å². The van der Waals surface area contributed by atoms with Crippen molar-refractivity contribution < 1.29 is 4.74 Å². The van der Waals surface area contributed by atoms with E-state index in [1.165, 1.54) is 0 Å². The average Bonchev–Trinajstić information content (AvgIpc) is 2.29. The Bertz CT molecular complexity index is 558. The highest BCUT2D eigenvalue weighted by molar-refractivity contribution is 6.34. The van der Waals surface area contributed by atoms with Crippen molar-refractivity contribution in [1.29, 1.82) is 0 Å². The Balaban J connectivity index is 2.31. The van der Waals surface area contributed by atoms with Crippen LogP contribution in [0.25, 0.3) is 0 Å². The van der Waals surface area contributed by atoms with Crippen molar-refractivity contribution in [2.24, 2.45) is 0 Å². The Morgan fingerprint density at radius 2 is 2.00 bits per heavy atom. The first-order valence-electron chi connectivity index (χ1n) is 4.91. The third-order valence-electron chi connectivity index (χ3n) is 2.23. The third kappa shape index (κ3) is 2.81. The van der Waals surface area contributed by atoms with Gasteiger partial charge in [-0.2, -0.15) is 0 Å². The molecule has 3 nitrogen and oxygen atoms in total. The van der Waals surface area contributed by atoms with Gasteiger partial charge in [-0.3, -0.25) is 0 Å². The zero-order valence-electron chi connectivity index (χ0n) is 9.08. The van der Waals surface area contributed by atoms with Crippen LogP contribution in [0.2, 0.25) is 10.0 Å². The summed E-state index contributed by atoms with van der Waals surface area (Å²) in [6, 6.07) is 6.62. The molecule has 0 radical (unpaired) electrons. The number of hydrogen-bond acceptors (Lipinski definition) is 3. The quantitative estimate of drug-likeness (QED) is 0.893. The van der Waals surface area contributed by atoms with Crippen LogP contribution in [-0.2, 0) is 0 Å². The van der Waals surface area contributed by atoms with Crippen LogP contribution in [0.3, 0.4) is 0 Å². The molecule has 0 unspecified atom stereocenters. The summed E-state index contributed by atoms with van der Waals surface area (Å²) in [5.41, 5.74) is 7.28. The Labute approximate surface area is 109 Å². The van der Waals surface area contributed by atoms with Gasteiger partial charge in [0.2, 0.25) is 5.88 Å². The molecule has 0 aliphatic heterocycles. The predicted octanol–water partition coefficient (Wildman–Crippen LogP) is 4.07. The normalized spacial score (nSPS) is 10.3. The van der Waals surface area contributed by atoms with Gasteiger partial charge in [-0.1, -0.05) is 23.2 Å². The fraction of sp³-hybridized carbons (Fsp3) is 0.0833. The number of rotatable bonds is 2. The first-order valence-corrected chi connectivity index (χ1v) is 5.67. The lowest BCUT2D eigenvalue weighted by atomic mass is 10.3. The summed E-state index contributed by atoms with van der Waals surface area (Å²) in [6.07, 6.45) is 1.64. The van der Waals surface area contributed by atoms with Gasteiger partial charge in [-0.05, 0) is 24.6 Å². The van der Waals surface area contributed by atoms with Gasteiger partial charge in [-0.25, -0.2) is 4.98 Å². The third-order valence-corrected chi connectivity index (χ3v) is 2.77. The lowest BCUT2D eigenvalue weighted by Crippen LogP contribution is -1.94. The maximum atomic E-state index is 5.97. The van der Waals surface area contributed by atoms with E-state index in [0.29, 0.717) is 27.4 Å². The summed E-state index contributed by atoms with van der Waals surface area (Å²) in [6.45, 7) is 1.87. The maximum Gasteiger partial charge on any atom is 0.221 e. The van der Waals surface area contributed by atoms with Crippen LogP contribution in [0, 0.1) is 6.92 Å². The number of hydrogen-bond donors (Lipinski definition) is 1. The summed E-state index contributed by atoms with van der Waals surface area (Å²) < 4.78 is 5.52. The van der Waals surface area contributed by atoms with Crippen molar-refractivity contribution in [3.05, 3.63) is 46.1 Å². The van der Waals surface area contributed by atoms with Crippen LogP contribution in [-0.4, -0.2) is 4.98 Å². The van der Waals surface area contributed by atoms with E-state index >= 15 is 0 Å². The second kappa shape index (κ2) is 4.82. The van der Waals surface area contributed by atoms with E-state index in [9.17, 15) is 0 Å². The summed E-state index contributed by atoms with van der Waals surface area (Å²) >= 11 is 11.8. The number of nitrogens with two attached hydrogens (primary N) is 1. The highest BCUT2D eigenvalue weighted by Crippen LogP contribution is 2.31. The first kappa shape index (κ1) is 12.0. The van der Waals surface area contributed by atoms with Gasteiger partial charge in [0.15, 0.2) is 0 Å². The molecule has 0 spiro atoms. The zero-order valence-corrected chi connectivity index (χ0v) is 10.6. The number of halogens is 2. The van der Waals surface area contributed by atoms with Crippen molar-refractivity contribution in [3.63, 3.8) is 0 Å². The lowest BCUT2D eigenvalue weighted by molar-refractivity contribution is 0.463. The second-order valence-corrected chi connectivity index (χ2v) is 4.40. The number of pyridine rings is 1. The topological polar surface area (TPSA) is 48.1 Å². The van der Waals surface area contributed by atoms with E-state index in [1.54, 1.807) is 30.5 Å². The molecule has 2 N–H and O–H groups in total. The number of benzene rings is 1. The van der Waals surface area contributed by atoms with Gasteiger partial charge in [0.1, 0.15) is 5.75 Å². The van der Waals surface area contributed by atoms with Crippen LogP contribution in [0.5, 0.6) is 11.6 Å². The van der Waals surface area contributed by atoms with Crippen LogP contribution < -0.4 is 10.5 Å². The molecule has 0 saturated carbocycles. The Morgan fingerprint density at radius 1 is 1.24 bits per heavy atom. The fourth-order valence-corrected chi connectivity index (χ4v) is 1.56. The Kier molecular flexibility index (Phi) is 3.41. The van der Waals surface area contributed by atoms with E-state index in [4.69, 9.17) is 33.7 Å². The van der Waals surface area contributed by atoms with Crippen molar-refractivity contribution in [2.75, 3.05) is 5.73 Å². The number of nitrogens with zero attached hydrogens (tertiary/aromatic N) is 1. The maximum absolute atomic E-state index is 5.97. The molecular formula is C12H10Cl2N2O. The molecule has 1 aromatic carbocycles. The molecular weight excluding hydrogens is 259 g/mol. The molecule has 0 saturated heterocycles. The summed E-state index contributed by atoms with van der Waals surface area (Å²) in [5, 5.41) is 1.01.